The van der Waals surface area contributed by atoms with Crippen LogP contribution in [0.3, 0.4) is 0 Å². The van der Waals surface area contributed by atoms with Gasteiger partial charge in [-0.25, -0.2) is 18.7 Å². The Kier molecular flexibility index (Phi) is 6.38. The van der Waals surface area contributed by atoms with Crippen LogP contribution in [0.1, 0.15) is 10.5 Å². The monoisotopic (exact) mass is 412 g/mol. The number of esters is 1. The maximum Gasteiger partial charge on any atom is 0.363 e. The summed E-state index contributed by atoms with van der Waals surface area (Å²) in [4.78, 5) is 35.9. The summed E-state index contributed by atoms with van der Waals surface area (Å²) in [7, 11) is 1.36. The van der Waals surface area contributed by atoms with Crippen LogP contribution >= 0.6 is 0 Å². The predicted molar refractivity (Wildman–Crippen MR) is 104 cm³/mol. The van der Waals surface area contributed by atoms with Crippen LogP contribution in [0.2, 0.25) is 0 Å². The number of methoxy groups -OCH3 is 1. The minimum absolute atomic E-state index is 0.101. The van der Waals surface area contributed by atoms with Gasteiger partial charge in [-0.1, -0.05) is 30.3 Å². The Morgan fingerprint density at radius 2 is 1.77 bits per heavy atom. The fourth-order valence-electron chi connectivity index (χ4n) is 2.44. The third-order valence-corrected chi connectivity index (χ3v) is 3.82. The van der Waals surface area contributed by atoms with Crippen molar-refractivity contribution in [3.63, 3.8) is 0 Å². The summed E-state index contributed by atoms with van der Waals surface area (Å²) in [5, 5.41) is 8.23. The molecule has 3 rings (SSSR count). The summed E-state index contributed by atoms with van der Waals surface area (Å²) in [6, 6.07) is 13.5. The number of halogens is 1. The zero-order valence-electron chi connectivity index (χ0n) is 15.8. The second-order valence-corrected chi connectivity index (χ2v) is 5.88. The zero-order valence-corrected chi connectivity index (χ0v) is 15.8. The summed E-state index contributed by atoms with van der Waals surface area (Å²) in [5.74, 6) is -2.32. The van der Waals surface area contributed by atoms with Gasteiger partial charge >= 0.3 is 12.0 Å². The number of amides is 3. The number of carbonyl (C=O) groups excluding carboxylic acids is 3. The molecule has 10 heteroatoms. The number of imide groups is 1. The Bertz CT molecular complexity index is 1070. The zero-order chi connectivity index (χ0) is 21.5. The summed E-state index contributed by atoms with van der Waals surface area (Å²) in [6.07, 6.45) is 1.49. The fourth-order valence-corrected chi connectivity index (χ4v) is 2.44. The number of carbonyl (C=O) groups is 3. The Hall–Kier alpha value is -4.21. The highest BCUT2D eigenvalue weighted by atomic mass is 19.1. The molecule has 0 aliphatic heterocycles. The van der Waals surface area contributed by atoms with E-state index in [1.165, 1.54) is 36.2 Å². The van der Waals surface area contributed by atoms with E-state index in [1.54, 1.807) is 24.3 Å². The van der Waals surface area contributed by atoms with Crippen molar-refractivity contribution in [3.8, 4) is 11.4 Å². The molecule has 0 aliphatic carbocycles. The van der Waals surface area contributed by atoms with Crippen molar-refractivity contribution in [2.24, 2.45) is 0 Å². The molecule has 154 valence electrons. The molecule has 0 aliphatic rings. The van der Waals surface area contributed by atoms with Crippen LogP contribution in [-0.2, 0) is 9.53 Å². The first kappa shape index (κ1) is 20.5. The van der Waals surface area contributed by atoms with Gasteiger partial charge in [0.1, 0.15) is 5.82 Å². The lowest BCUT2D eigenvalue weighted by Gasteiger charge is -2.08. The average Bonchev–Trinajstić information content (AvgIpc) is 3.19. The fraction of sp³-hybridized carbons (Fsp3) is 0.100. The number of urea groups is 1. The number of hydrogen-bond donors (Lipinski definition) is 2. The molecule has 30 heavy (non-hydrogen) atoms. The third-order valence-electron chi connectivity index (χ3n) is 3.82. The van der Waals surface area contributed by atoms with Crippen molar-refractivity contribution in [3.05, 3.63) is 72.3 Å². The molecule has 0 saturated heterocycles. The van der Waals surface area contributed by atoms with Crippen LogP contribution in [0.5, 0.6) is 5.75 Å². The second kappa shape index (κ2) is 9.32. The van der Waals surface area contributed by atoms with E-state index < -0.39 is 30.3 Å². The number of anilines is 1. The molecule has 3 amide bonds. The first-order valence-electron chi connectivity index (χ1n) is 8.69. The van der Waals surface area contributed by atoms with Crippen LogP contribution in [0, 0.1) is 5.82 Å². The molecule has 0 fully saturated rings. The number of benzene rings is 2. The summed E-state index contributed by atoms with van der Waals surface area (Å²) >= 11 is 0. The van der Waals surface area contributed by atoms with Gasteiger partial charge < -0.3 is 14.8 Å². The number of rotatable bonds is 6. The van der Waals surface area contributed by atoms with Gasteiger partial charge in [-0.2, -0.15) is 5.10 Å². The highest BCUT2D eigenvalue weighted by Crippen LogP contribution is 2.20. The van der Waals surface area contributed by atoms with E-state index in [-0.39, 0.29) is 17.1 Å². The number of nitrogens with one attached hydrogen (secondary N) is 2. The Morgan fingerprint density at radius 3 is 2.47 bits per heavy atom. The van der Waals surface area contributed by atoms with Crippen LogP contribution in [0.25, 0.3) is 5.69 Å². The van der Waals surface area contributed by atoms with Crippen molar-refractivity contribution < 1.29 is 28.2 Å². The molecule has 3 aromatic rings. The van der Waals surface area contributed by atoms with Crippen LogP contribution in [-0.4, -0.2) is 41.4 Å². The molecule has 2 N–H and O–H groups in total. The number of hydrogen-bond acceptors (Lipinski definition) is 6. The van der Waals surface area contributed by atoms with E-state index in [0.29, 0.717) is 5.69 Å². The molecule has 2 aromatic carbocycles. The van der Waals surface area contributed by atoms with Crippen molar-refractivity contribution in [1.29, 1.82) is 0 Å². The SMILES string of the molecule is COc1cn(-c2ccccc2)nc1C(=O)OCC(=O)NC(=O)Nc1ccccc1F. The maximum atomic E-state index is 13.5. The van der Waals surface area contributed by atoms with Crippen molar-refractivity contribution in [2.45, 2.75) is 0 Å². The standard InChI is InChI=1S/C20H17FN4O5/c1-29-16-11-25(13-7-3-2-4-8-13)24-18(16)19(27)30-12-17(26)23-20(28)22-15-10-6-5-9-14(15)21/h2-11H,12H2,1H3,(H2,22,23,26,28). The van der Waals surface area contributed by atoms with Gasteiger partial charge in [0.05, 0.1) is 24.7 Å². The second-order valence-electron chi connectivity index (χ2n) is 5.88. The minimum atomic E-state index is -0.966. The van der Waals surface area contributed by atoms with Gasteiger partial charge in [0.2, 0.25) is 5.69 Å². The van der Waals surface area contributed by atoms with Gasteiger partial charge in [0, 0.05) is 0 Å². The highest BCUT2D eigenvalue weighted by molar-refractivity contribution is 6.02. The van der Waals surface area contributed by atoms with Crippen molar-refractivity contribution >= 4 is 23.6 Å². The van der Waals surface area contributed by atoms with Crippen LogP contribution < -0.4 is 15.4 Å². The lowest BCUT2D eigenvalue weighted by Crippen LogP contribution is -2.37. The summed E-state index contributed by atoms with van der Waals surface area (Å²) in [5.41, 5.74) is 0.457. The molecular formula is C20H17FN4O5. The third kappa shape index (κ3) is 4.98. The average molecular weight is 412 g/mol. The predicted octanol–water partition coefficient (Wildman–Crippen LogP) is 2.53. The topological polar surface area (TPSA) is 112 Å². The van der Waals surface area contributed by atoms with Crippen molar-refractivity contribution in [2.75, 3.05) is 19.0 Å². The first-order valence-corrected chi connectivity index (χ1v) is 8.69. The quantitative estimate of drug-likeness (QED) is 0.602. The molecule has 0 bridgehead atoms. The van der Waals surface area contributed by atoms with Crippen LogP contribution in [0.15, 0.2) is 60.8 Å². The largest absolute Gasteiger partial charge is 0.493 e. The van der Waals surface area contributed by atoms with E-state index in [0.717, 1.165) is 6.07 Å². The Labute approximate surface area is 170 Å². The van der Waals surface area contributed by atoms with Gasteiger partial charge in [0.15, 0.2) is 12.4 Å². The molecule has 0 atom stereocenters. The Balaban J connectivity index is 1.57. The molecule has 9 nitrogen and oxygen atoms in total. The van der Waals surface area contributed by atoms with E-state index in [2.05, 4.69) is 10.4 Å². The molecule has 1 heterocycles. The summed E-state index contributed by atoms with van der Waals surface area (Å²) in [6.45, 7) is -0.745. The number of ether oxygens (including phenoxy) is 2. The molecular weight excluding hydrogens is 395 g/mol. The first-order chi connectivity index (χ1) is 14.5. The van der Waals surface area contributed by atoms with E-state index in [9.17, 15) is 18.8 Å². The van der Waals surface area contributed by atoms with Gasteiger partial charge in [-0.3, -0.25) is 10.1 Å². The number of aromatic nitrogens is 2. The van der Waals surface area contributed by atoms with Gasteiger partial charge in [-0.05, 0) is 24.3 Å². The summed E-state index contributed by atoms with van der Waals surface area (Å²) < 4.78 is 25.0. The highest BCUT2D eigenvalue weighted by Gasteiger charge is 2.21. The van der Waals surface area contributed by atoms with Crippen LogP contribution in [0.4, 0.5) is 14.9 Å². The van der Waals surface area contributed by atoms with Gasteiger partial charge in [0.25, 0.3) is 5.91 Å². The molecule has 1 aromatic heterocycles. The molecule has 0 unspecified atom stereocenters. The minimum Gasteiger partial charge on any atom is -0.493 e. The lowest BCUT2D eigenvalue weighted by atomic mass is 10.3. The molecule has 0 spiro atoms. The molecule has 0 radical (unpaired) electrons. The number of nitrogens with zero attached hydrogens (tertiary/aromatic N) is 2. The number of para-hydroxylation sites is 2. The van der Waals surface area contributed by atoms with Crippen molar-refractivity contribution in [1.82, 2.24) is 15.1 Å². The van der Waals surface area contributed by atoms with E-state index >= 15 is 0 Å². The van der Waals surface area contributed by atoms with Gasteiger partial charge in [-0.15, -0.1) is 0 Å². The smallest absolute Gasteiger partial charge is 0.363 e. The normalized spacial score (nSPS) is 10.2. The van der Waals surface area contributed by atoms with E-state index in [4.69, 9.17) is 9.47 Å². The molecule has 0 saturated carbocycles. The lowest BCUT2D eigenvalue weighted by molar-refractivity contribution is -0.123. The maximum absolute atomic E-state index is 13.5. The van der Waals surface area contributed by atoms with E-state index in [1.807, 2.05) is 11.4 Å². The Morgan fingerprint density at radius 1 is 1.07 bits per heavy atom.